The second-order valence-electron chi connectivity index (χ2n) is 9.61. The lowest BCUT2D eigenvalue weighted by atomic mass is 9.84. The van der Waals surface area contributed by atoms with Gasteiger partial charge in [-0.1, -0.05) is 36.6 Å². The zero-order valence-electron chi connectivity index (χ0n) is 18.3. The first kappa shape index (κ1) is 22.7. The summed E-state index contributed by atoms with van der Waals surface area (Å²) in [6.45, 7) is 7.51. The van der Waals surface area contributed by atoms with Crippen molar-refractivity contribution in [1.29, 1.82) is 0 Å². The zero-order valence-corrected chi connectivity index (χ0v) is 19.1. The highest BCUT2D eigenvalue weighted by atomic mass is 35.5. The third-order valence-electron chi connectivity index (χ3n) is 6.30. The van der Waals surface area contributed by atoms with E-state index in [4.69, 9.17) is 22.1 Å². The normalized spacial score (nSPS) is 19.5. The average molecular weight is 436 g/mol. The van der Waals surface area contributed by atoms with Gasteiger partial charge in [-0.2, -0.15) is 0 Å². The first-order valence-electron chi connectivity index (χ1n) is 10.9. The van der Waals surface area contributed by atoms with Crippen LogP contribution in [-0.4, -0.2) is 47.2 Å². The number of ether oxygens (including phenoxy) is 1. The first-order valence-corrected chi connectivity index (χ1v) is 11.3. The van der Waals surface area contributed by atoms with Gasteiger partial charge in [-0.25, -0.2) is 9.59 Å². The van der Waals surface area contributed by atoms with Crippen molar-refractivity contribution in [1.82, 2.24) is 9.80 Å². The molecule has 0 atom stereocenters. The van der Waals surface area contributed by atoms with Crippen molar-refractivity contribution in [3.63, 3.8) is 0 Å². The highest BCUT2D eigenvalue weighted by molar-refractivity contribution is 6.30. The van der Waals surface area contributed by atoms with Crippen molar-refractivity contribution < 1.29 is 14.3 Å². The molecule has 2 aliphatic rings. The van der Waals surface area contributed by atoms with E-state index in [9.17, 15) is 9.59 Å². The lowest BCUT2D eigenvalue weighted by molar-refractivity contribution is 0.0152. The Balaban J connectivity index is 1.69. The zero-order chi connectivity index (χ0) is 21.9. The summed E-state index contributed by atoms with van der Waals surface area (Å²) in [6, 6.07) is 7.44. The number of halogens is 1. The molecule has 1 saturated heterocycles. The molecular weight excluding hydrogens is 402 g/mol. The molecule has 0 spiro atoms. The fourth-order valence-corrected chi connectivity index (χ4v) is 4.92. The number of amides is 3. The maximum Gasteiger partial charge on any atom is 0.410 e. The van der Waals surface area contributed by atoms with Crippen molar-refractivity contribution >= 4 is 23.7 Å². The standard InChI is InChI=1S/C23H34ClN3O3/c1-22(2,3)30-21(29)26-14-10-17(11-15-26)16-27(20(25)28)23(12-4-5-13-23)18-6-8-19(24)9-7-18/h6-9,17H,4-5,10-16H2,1-3H3,(H2,25,28). The van der Waals surface area contributed by atoms with Crippen LogP contribution in [0.4, 0.5) is 9.59 Å². The summed E-state index contributed by atoms with van der Waals surface area (Å²) in [5.41, 5.74) is 6.16. The molecular formula is C23H34ClN3O3. The van der Waals surface area contributed by atoms with Gasteiger partial charge >= 0.3 is 12.1 Å². The Morgan fingerprint density at radius 1 is 1.17 bits per heavy atom. The molecule has 1 heterocycles. The third-order valence-corrected chi connectivity index (χ3v) is 6.55. The molecule has 166 valence electrons. The van der Waals surface area contributed by atoms with Gasteiger partial charge in [0.2, 0.25) is 0 Å². The van der Waals surface area contributed by atoms with E-state index in [1.807, 2.05) is 49.9 Å². The van der Waals surface area contributed by atoms with Crippen molar-refractivity contribution in [2.45, 2.75) is 70.4 Å². The summed E-state index contributed by atoms with van der Waals surface area (Å²) in [5.74, 6) is 0.306. The van der Waals surface area contributed by atoms with E-state index in [-0.39, 0.29) is 17.7 Å². The Kier molecular flexibility index (Phi) is 6.85. The number of nitrogens with zero attached hydrogens (tertiary/aromatic N) is 2. The smallest absolute Gasteiger partial charge is 0.410 e. The highest BCUT2D eigenvalue weighted by Gasteiger charge is 2.44. The van der Waals surface area contributed by atoms with E-state index < -0.39 is 5.60 Å². The van der Waals surface area contributed by atoms with E-state index in [2.05, 4.69) is 0 Å². The molecule has 1 aliphatic heterocycles. The van der Waals surface area contributed by atoms with Crippen LogP contribution in [0.5, 0.6) is 0 Å². The predicted octanol–water partition coefficient (Wildman–Crippen LogP) is 5.14. The predicted molar refractivity (Wildman–Crippen MR) is 118 cm³/mol. The highest BCUT2D eigenvalue weighted by Crippen LogP contribution is 2.45. The number of likely N-dealkylation sites (tertiary alicyclic amines) is 1. The summed E-state index contributed by atoms with van der Waals surface area (Å²) in [6.07, 6.45) is 5.37. The van der Waals surface area contributed by atoms with Gasteiger partial charge < -0.3 is 20.3 Å². The van der Waals surface area contributed by atoms with Gasteiger partial charge in [0.15, 0.2) is 0 Å². The number of urea groups is 1. The summed E-state index contributed by atoms with van der Waals surface area (Å²) in [4.78, 5) is 28.6. The monoisotopic (exact) mass is 435 g/mol. The largest absolute Gasteiger partial charge is 0.444 e. The number of carbonyl (C=O) groups excluding carboxylic acids is 2. The average Bonchev–Trinajstić information content (AvgIpc) is 3.16. The minimum atomic E-state index is -0.496. The number of hydrogen-bond acceptors (Lipinski definition) is 3. The number of benzene rings is 1. The van der Waals surface area contributed by atoms with Crippen LogP contribution >= 0.6 is 11.6 Å². The topological polar surface area (TPSA) is 75.9 Å². The number of carbonyl (C=O) groups is 2. The van der Waals surface area contributed by atoms with Crippen LogP contribution in [0.25, 0.3) is 0 Å². The molecule has 3 rings (SSSR count). The van der Waals surface area contributed by atoms with E-state index in [1.165, 1.54) is 0 Å². The summed E-state index contributed by atoms with van der Waals surface area (Å²) >= 11 is 6.09. The Bertz CT molecular complexity index is 746. The van der Waals surface area contributed by atoms with E-state index in [0.717, 1.165) is 44.1 Å². The summed E-state index contributed by atoms with van der Waals surface area (Å²) in [5, 5.41) is 0.687. The molecule has 1 aliphatic carbocycles. The van der Waals surface area contributed by atoms with E-state index in [0.29, 0.717) is 30.6 Å². The lowest BCUT2D eigenvalue weighted by Gasteiger charge is -2.44. The number of rotatable bonds is 4. The molecule has 1 aromatic carbocycles. The van der Waals surface area contributed by atoms with Crippen molar-refractivity contribution in [3.05, 3.63) is 34.9 Å². The number of piperidine rings is 1. The molecule has 0 unspecified atom stereocenters. The van der Waals surface area contributed by atoms with Gasteiger partial charge in [0.1, 0.15) is 5.60 Å². The van der Waals surface area contributed by atoms with Crippen LogP contribution in [0, 0.1) is 5.92 Å². The maximum atomic E-state index is 12.6. The Morgan fingerprint density at radius 2 is 1.73 bits per heavy atom. The van der Waals surface area contributed by atoms with Crippen LogP contribution in [-0.2, 0) is 10.3 Å². The van der Waals surface area contributed by atoms with Crippen LogP contribution in [0.3, 0.4) is 0 Å². The van der Waals surface area contributed by atoms with Crippen molar-refractivity contribution in [2.75, 3.05) is 19.6 Å². The third kappa shape index (κ3) is 5.20. The van der Waals surface area contributed by atoms with Gasteiger partial charge in [-0.3, -0.25) is 0 Å². The van der Waals surface area contributed by atoms with Crippen LogP contribution < -0.4 is 5.73 Å². The number of primary amides is 1. The minimum Gasteiger partial charge on any atom is -0.444 e. The Morgan fingerprint density at radius 3 is 2.23 bits per heavy atom. The molecule has 30 heavy (non-hydrogen) atoms. The van der Waals surface area contributed by atoms with Gasteiger partial charge in [0.25, 0.3) is 0 Å². The minimum absolute atomic E-state index is 0.263. The molecule has 7 heteroatoms. The summed E-state index contributed by atoms with van der Waals surface area (Å²) < 4.78 is 5.49. The van der Waals surface area contributed by atoms with Gasteiger partial charge in [-0.05, 0) is 70.1 Å². The van der Waals surface area contributed by atoms with E-state index in [1.54, 1.807) is 4.90 Å². The van der Waals surface area contributed by atoms with Crippen molar-refractivity contribution in [3.8, 4) is 0 Å². The molecule has 1 saturated carbocycles. The summed E-state index contributed by atoms with van der Waals surface area (Å²) in [7, 11) is 0. The second kappa shape index (κ2) is 9.04. The SMILES string of the molecule is CC(C)(C)OC(=O)N1CCC(CN(C(N)=O)C2(c3ccc(Cl)cc3)CCCC2)CC1. The molecule has 0 radical (unpaired) electrons. The Labute approximate surface area is 184 Å². The van der Waals surface area contributed by atoms with Gasteiger partial charge in [0, 0.05) is 24.7 Å². The molecule has 3 amide bonds. The van der Waals surface area contributed by atoms with Crippen LogP contribution in [0.15, 0.2) is 24.3 Å². The van der Waals surface area contributed by atoms with Gasteiger partial charge in [-0.15, -0.1) is 0 Å². The number of hydrogen-bond donors (Lipinski definition) is 1. The lowest BCUT2D eigenvalue weighted by Crippen LogP contribution is -2.53. The van der Waals surface area contributed by atoms with Crippen LogP contribution in [0.2, 0.25) is 5.02 Å². The quantitative estimate of drug-likeness (QED) is 0.711. The number of nitrogens with two attached hydrogens (primary N) is 1. The molecule has 0 aromatic heterocycles. The second-order valence-corrected chi connectivity index (χ2v) is 10.0. The maximum absolute atomic E-state index is 12.6. The molecule has 2 N–H and O–H groups in total. The van der Waals surface area contributed by atoms with E-state index >= 15 is 0 Å². The van der Waals surface area contributed by atoms with Gasteiger partial charge in [0.05, 0.1) is 5.54 Å². The first-order chi connectivity index (χ1) is 14.1. The molecule has 6 nitrogen and oxygen atoms in total. The Hall–Kier alpha value is -1.95. The van der Waals surface area contributed by atoms with Crippen molar-refractivity contribution in [2.24, 2.45) is 11.7 Å². The molecule has 0 bridgehead atoms. The van der Waals surface area contributed by atoms with Crippen LogP contribution in [0.1, 0.15) is 64.9 Å². The fourth-order valence-electron chi connectivity index (χ4n) is 4.79. The molecule has 2 fully saturated rings. The fraction of sp³-hybridized carbons (Fsp3) is 0.652. The molecule has 1 aromatic rings.